The maximum Gasteiger partial charge on any atom is 0.240 e. The molecule has 3 rings (SSSR count). The molecule has 0 amide bonds. The monoisotopic (exact) mass is 341 g/mol. The van der Waals surface area contributed by atoms with E-state index >= 15 is 0 Å². The Morgan fingerprint density at radius 2 is 1.71 bits per heavy atom. The number of fused-ring (bicyclic) bond motifs is 1. The summed E-state index contributed by atoms with van der Waals surface area (Å²) in [4.78, 5) is 0.238. The first kappa shape index (κ1) is 16.5. The summed E-state index contributed by atoms with van der Waals surface area (Å²) < 4.78 is 32.8. The quantitative estimate of drug-likeness (QED) is 0.771. The van der Waals surface area contributed by atoms with Crippen molar-refractivity contribution in [2.24, 2.45) is 0 Å². The standard InChI is InChI=1S/C19H19NO3S/c1-14-11-18(9-10-19(14)23-2)24(21,22)20-13-15-7-8-16-5-3-4-6-17(16)12-15/h3-12,20H,13H2,1-2H3. The smallest absolute Gasteiger partial charge is 0.240 e. The maximum absolute atomic E-state index is 12.5. The number of sulfonamides is 1. The molecule has 0 unspecified atom stereocenters. The highest BCUT2D eigenvalue weighted by atomic mass is 32.2. The maximum atomic E-state index is 12.5. The van der Waals surface area contributed by atoms with Crippen molar-refractivity contribution in [2.45, 2.75) is 18.4 Å². The summed E-state index contributed by atoms with van der Waals surface area (Å²) in [5.74, 6) is 0.670. The van der Waals surface area contributed by atoms with Gasteiger partial charge in [-0.05, 0) is 53.1 Å². The zero-order chi connectivity index (χ0) is 17.2. The summed E-state index contributed by atoms with van der Waals surface area (Å²) in [7, 11) is -2.00. The summed E-state index contributed by atoms with van der Waals surface area (Å²) in [5.41, 5.74) is 1.70. The fourth-order valence-electron chi connectivity index (χ4n) is 2.63. The molecule has 0 aliphatic rings. The number of methoxy groups -OCH3 is 1. The van der Waals surface area contributed by atoms with Gasteiger partial charge in [0.05, 0.1) is 12.0 Å². The van der Waals surface area contributed by atoms with Gasteiger partial charge in [0.25, 0.3) is 0 Å². The Morgan fingerprint density at radius 3 is 2.42 bits per heavy atom. The van der Waals surface area contributed by atoms with Crippen LogP contribution in [0.3, 0.4) is 0 Å². The SMILES string of the molecule is COc1ccc(S(=O)(=O)NCc2ccc3ccccc3c2)cc1C. The molecule has 3 aromatic carbocycles. The van der Waals surface area contributed by atoms with Gasteiger partial charge < -0.3 is 4.74 Å². The number of aryl methyl sites for hydroxylation is 1. The summed E-state index contributed by atoms with van der Waals surface area (Å²) in [5, 5.41) is 2.23. The van der Waals surface area contributed by atoms with Crippen LogP contribution in [0.4, 0.5) is 0 Å². The van der Waals surface area contributed by atoms with E-state index in [1.807, 2.05) is 49.4 Å². The predicted molar refractivity (Wildman–Crippen MR) is 95.7 cm³/mol. The van der Waals surface area contributed by atoms with Gasteiger partial charge in [0, 0.05) is 6.54 Å². The van der Waals surface area contributed by atoms with Crippen LogP contribution >= 0.6 is 0 Å². The fourth-order valence-corrected chi connectivity index (χ4v) is 3.73. The van der Waals surface area contributed by atoms with Crippen LogP contribution in [-0.2, 0) is 16.6 Å². The summed E-state index contributed by atoms with van der Waals surface area (Å²) in [6.07, 6.45) is 0. The van der Waals surface area contributed by atoms with Crippen molar-refractivity contribution < 1.29 is 13.2 Å². The molecule has 5 heteroatoms. The van der Waals surface area contributed by atoms with Gasteiger partial charge in [-0.2, -0.15) is 0 Å². The van der Waals surface area contributed by atoms with Crippen LogP contribution < -0.4 is 9.46 Å². The molecule has 0 aromatic heterocycles. The number of nitrogens with one attached hydrogen (secondary N) is 1. The lowest BCUT2D eigenvalue weighted by molar-refractivity contribution is 0.411. The van der Waals surface area contributed by atoms with Crippen molar-refractivity contribution in [2.75, 3.05) is 7.11 Å². The Bertz CT molecular complexity index is 981. The van der Waals surface area contributed by atoms with Crippen LogP contribution in [0.1, 0.15) is 11.1 Å². The average Bonchev–Trinajstić information content (AvgIpc) is 2.60. The van der Waals surface area contributed by atoms with Gasteiger partial charge >= 0.3 is 0 Å². The number of hydrogen-bond acceptors (Lipinski definition) is 3. The Labute approximate surface area is 142 Å². The molecule has 4 nitrogen and oxygen atoms in total. The van der Waals surface area contributed by atoms with Crippen LogP contribution in [0.15, 0.2) is 65.6 Å². The number of rotatable bonds is 5. The fraction of sp³-hybridized carbons (Fsp3) is 0.158. The molecule has 0 fully saturated rings. The molecular weight excluding hydrogens is 322 g/mol. The van der Waals surface area contributed by atoms with Gasteiger partial charge in [0.1, 0.15) is 5.75 Å². The average molecular weight is 341 g/mol. The van der Waals surface area contributed by atoms with E-state index in [4.69, 9.17) is 4.74 Å². The van der Waals surface area contributed by atoms with Crippen LogP contribution in [0, 0.1) is 6.92 Å². The first-order valence-corrected chi connectivity index (χ1v) is 9.10. The zero-order valence-electron chi connectivity index (χ0n) is 13.6. The van der Waals surface area contributed by atoms with Crippen LogP contribution in [0.2, 0.25) is 0 Å². The second-order valence-electron chi connectivity index (χ2n) is 5.64. The second kappa shape index (κ2) is 6.63. The van der Waals surface area contributed by atoms with Crippen molar-refractivity contribution in [3.63, 3.8) is 0 Å². The molecule has 3 aromatic rings. The third-order valence-corrected chi connectivity index (χ3v) is 5.36. The van der Waals surface area contributed by atoms with E-state index in [0.717, 1.165) is 21.9 Å². The highest BCUT2D eigenvalue weighted by Crippen LogP contribution is 2.21. The van der Waals surface area contributed by atoms with Crippen molar-refractivity contribution >= 4 is 20.8 Å². The third-order valence-electron chi connectivity index (χ3n) is 3.96. The number of ether oxygens (including phenoxy) is 1. The topological polar surface area (TPSA) is 55.4 Å². The Morgan fingerprint density at radius 1 is 0.958 bits per heavy atom. The molecule has 0 atom stereocenters. The second-order valence-corrected chi connectivity index (χ2v) is 7.40. The summed E-state index contributed by atoms with van der Waals surface area (Å²) in [6.45, 7) is 2.07. The van der Waals surface area contributed by atoms with Crippen LogP contribution in [0.25, 0.3) is 10.8 Å². The molecule has 0 heterocycles. The molecule has 0 aliphatic heterocycles. The molecule has 0 radical (unpaired) electrons. The van der Waals surface area contributed by atoms with E-state index in [2.05, 4.69) is 4.72 Å². The van der Waals surface area contributed by atoms with E-state index in [1.165, 1.54) is 0 Å². The van der Waals surface area contributed by atoms with Gasteiger partial charge in [0.2, 0.25) is 10.0 Å². The van der Waals surface area contributed by atoms with E-state index < -0.39 is 10.0 Å². The van der Waals surface area contributed by atoms with Crippen molar-refractivity contribution in [3.05, 3.63) is 71.8 Å². The van der Waals surface area contributed by atoms with Crippen molar-refractivity contribution in [1.29, 1.82) is 0 Å². The molecule has 1 N–H and O–H groups in total. The molecule has 0 spiro atoms. The van der Waals surface area contributed by atoms with Gasteiger partial charge in [0.15, 0.2) is 0 Å². The van der Waals surface area contributed by atoms with Gasteiger partial charge in [-0.15, -0.1) is 0 Å². The first-order valence-electron chi connectivity index (χ1n) is 7.61. The highest BCUT2D eigenvalue weighted by Gasteiger charge is 2.15. The predicted octanol–water partition coefficient (Wildman–Crippen LogP) is 3.64. The zero-order valence-corrected chi connectivity index (χ0v) is 14.4. The van der Waals surface area contributed by atoms with E-state index in [-0.39, 0.29) is 11.4 Å². The first-order chi connectivity index (χ1) is 11.5. The minimum Gasteiger partial charge on any atom is -0.496 e. The molecule has 0 saturated heterocycles. The van der Waals surface area contributed by atoms with Crippen LogP contribution in [0.5, 0.6) is 5.75 Å². The molecule has 0 saturated carbocycles. The van der Waals surface area contributed by atoms with Crippen LogP contribution in [-0.4, -0.2) is 15.5 Å². The van der Waals surface area contributed by atoms with E-state index in [1.54, 1.807) is 25.3 Å². The van der Waals surface area contributed by atoms with Crippen molar-refractivity contribution in [1.82, 2.24) is 4.72 Å². The number of hydrogen-bond donors (Lipinski definition) is 1. The Hall–Kier alpha value is -2.37. The van der Waals surface area contributed by atoms with Gasteiger partial charge in [-0.1, -0.05) is 36.4 Å². The minimum absolute atomic E-state index is 0.238. The molecule has 0 aliphatic carbocycles. The minimum atomic E-state index is -3.56. The molecule has 24 heavy (non-hydrogen) atoms. The normalized spacial score (nSPS) is 11.6. The lowest BCUT2D eigenvalue weighted by Gasteiger charge is -2.10. The lowest BCUT2D eigenvalue weighted by atomic mass is 10.1. The third kappa shape index (κ3) is 3.42. The summed E-state index contributed by atoms with van der Waals surface area (Å²) >= 11 is 0. The highest BCUT2D eigenvalue weighted by molar-refractivity contribution is 7.89. The lowest BCUT2D eigenvalue weighted by Crippen LogP contribution is -2.23. The molecule has 124 valence electrons. The van der Waals surface area contributed by atoms with E-state index in [0.29, 0.717) is 5.75 Å². The Kier molecular flexibility index (Phi) is 4.55. The largest absolute Gasteiger partial charge is 0.496 e. The molecular formula is C19H19NO3S. The summed E-state index contributed by atoms with van der Waals surface area (Å²) in [6, 6.07) is 18.8. The molecule has 0 bridgehead atoms. The number of benzene rings is 3. The van der Waals surface area contributed by atoms with E-state index in [9.17, 15) is 8.42 Å². The Balaban J connectivity index is 1.80. The van der Waals surface area contributed by atoms with Crippen molar-refractivity contribution in [3.8, 4) is 5.75 Å². The van der Waals surface area contributed by atoms with Gasteiger partial charge in [-0.3, -0.25) is 0 Å². The van der Waals surface area contributed by atoms with Gasteiger partial charge in [-0.25, -0.2) is 13.1 Å².